The Hall–Kier alpha value is -1.36. The molecular formula is C14H20N2O2S. The molecule has 1 aliphatic heterocycles. The Morgan fingerprint density at radius 3 is 2.68 bits per heavy atom. The van der Waals surface area contributed by atoms with Crippen LogP contribution in [0.1, 0.15) is 39.4 Å². The summed E-state index contributed by atoms with van der Waals surface area (Å²) >= 11 is 1.51. The number of nitrogens with one attached hydrogen (secondary N) is 1. The number of thiophene rings is 1. The van der Waals surface area contributed by atoms with Crippen LogP contribution in [-0.4, -0.2) is 36.3 Å². The standard InChI is InChI=1S/C14H20N2O2S/c1-9-8-12(19-10(9)2)14(18)16-7-5-4-6-11(16)13(17)15-3/h8,11H,4-7H2,1-3H3,(H,15,17)/t11-/m0/s1. The van der Waals surface area contributed by atoms with Crippen LogP contribution in [0.3, 0.4) is 0 Å². The summed E-state index contributed by atoms with van der Waals surface area (Å²) in [6.07, 6.45) is 2.74. The highest BCUT2D eigenvalue weighted by molar-refractivity contribution is 7.14. The van der Waals surface area contributed by atoms with Crippen molar-refractivity contribution < 1.29 is 9.59 Å². The molecule has 1 atom stereocenters. The van der Waals surface area contributed by atoms with E-state index in [4.69, 9.17) is 0 Å². The summed E-state index contributed by atoms with van der Waals surface area (Å²) in [6.45, 7) is 4.70. The van der Waals surface area contributed by atoms with Gasteiger partial charge in [-0.2, -0.15) is 0 Å². The number of hydrogen-bond donors (Lipinski definition) is 1. The van der Waals surface area contributed by atoms with Crippen LogP contribution in [0.4, 0.5) is 0 Å². The lowest BCUT2D eigenvalue weighted by Gasteiger charge is -2.34. The molecule has 0 aliphatic carbocycles. The van der Waals surface area contributed by atoms with E-state index in [1.165, 1.54) is 11.3 Å². The maximum Gasteiger partial charge on any atom is 0.264 e. The van der Waals surface area contributed by atoms with Crippen LogP contribution in [0.5, 0.6) is 0 Å². The maximum absolute atomic E-state index is 12.6. The fraction of sp³-hybridized carbons (Fsp3) is 0.571. The first-order valence-corrected chi connectivity index (χ1v) is 7.46. The lowest BCUT2D eigenvalue weighted by molar-refractivity contribution is -0.126. The summed E-state index contributed by atoms with van der Waals surface area (Å²) < 4.78 is 0. The average molecular weight is 280 g/mol. The summed E-state index contributed by atoms with van der Waals surface area (Å²) in [4.78, 5) is 28.1. The summed E-state index contributed by atoms with van der Waals surface area (Å²) in [7, 11) is 1.62. The Labute approximate surface area is 117 Å². The van der Waals surface area contributed by atoms with Crippen molar-refractivity contribution in [3.05, 3.63) is 21.4 Å². The largest absolute Gasteiger partial charge is 0.357 e. The van der Waals surface area contributed by atoms with Gasteiger partial charge in [-0.15, -0.1) is 11.3 Å². The first-order chi connectivity index (χ1) is 9.04. The second-order valence-electron chi connectivity index (χ2n) is 4.97. The number of likely N-dealkylation sites (N-methyl/N-ethyl adjacent to an activating group) is 1. The third-order valence-corrected chi connectivity index (χ3v) is 4.83. The molecule has 0 bridgehead atoms. The van der Waals surface area contributed by atoms with Gasteiger partial charge in [0.1, 0.15) is 6.04 Å². The molecule has 2 heterocycles. The molecule has 2 amide bonds. The van der Waals surface area contributed by atoms with E-state index in [0.29, 0.717) is 6.54 Å². The fourth-order valence-corrected chi connectivity index (χ4v) is 3.42. The van der Waals surface area contributed by atoms with Gasteiger partial charge in [-0.05, 0) is 44.7 Å². The topological polar surface area (TPSA) is 49.4 Å². The van der Waals surface area contributed by atoms with Crippen molar-refractivity contribution >= 4 is 23.2 Å². The van der Waals surface area contributed by atoms with Crippen molar-refractivity contribution in [1.82, 2.24) is 10.2 Å². The van der Waals surface area contributed by atoms with Crippen LogP contribution in [0, 0.1) is 13.8 Å². The second-order valence-corrected chi connectivity index (χ2v) is 6.23. The number of carbonyl (C=O) groups excluding carboxylic acids is 2. The first kappa shape index (κ1) is 14.1. The lowest BCUT2D eigenvalue weighted by Crippen LogP contribution is -2.51. The minimum Gasteiger partial charge on any atom is -0.357 e. The van der Waals surface area contributed by atoms with Gasteiger partial charge in [-0.1, -0.05) is 0 Å². The van der Waals surface area contributed by atoms with Gasteiger partial charge >= 0.3 is 0 Å². The van der Waals surface area contributed by atoms with Crippen LogP contribution in [-0.2, 0) is 4.79 Å². The zero-order chi connectivity index (χ0) is 14.0. The molecule has 0 spiro atoms. The smallest absolute Gasteiger partial charge is 0.264 e. The number of aryl methyl sites for hydroxylation is 2. The minimum atomic E-state index is -0.311. The Morgan fingerprint density at radius 1 is 1.37 bits per heavy atom. The summed E-state index contributed by atoms with van der Waals surface area (Å²) in [5, 5.41) is 2.66. The molecule has 1 aliphatic rings. The predicted molar refractivity (Wildman–Crippen MR) is 76.5 cm³/mol. The monoisotopic (exact) mass is 280 g/mol. The minimum absolute atomic E-state index is 0.00509. The molecule has 1 N–H and O–H groups in total. The first-order valence-electron chi connectivity index (χ1n) is 6.64. The highest BCUT2D eigenvalue weighted by atomic mass is 32.1. The molecule has 5 heteroatoms. The Balaban J connectivity index is 2.22. The fourth-order valence-electron chi connectivity index (χ4n) is 2.43. The van der Waals surface area contributed by atoms with Crippen molar-refractivity contribution in [2.24, 2.45) is 0 Å². The zero-order valence-corrected chi connectivity index (χ0v) is 12.5. The zero-order valence-electron chi connectivity index (χ0n) is 11.7. The molecule has 0 unspecified atom stereocenters. The number of carbonyl (C=O) groups is 2. The summed E-state index contributed by atoms with van der Waals surface area (Å²) in [5.41, 5.74) is 1.14. The van der Waals surface area contributed by atoms with Crippen LogP contribution >= 0.6 is 11.3 Å². The van der Waals surface area contributed by atoms with E-state index in [0.717, 1.165) is 34.6 Å². The van der Waals surface area contributed by atoms with Crippen molar-refractivity contribution in [3.8, 4) is 0 Å². The number of likely N-dealkylation sites (tertiary alicyclic amines) is 1. The number of piperidine rings is 1. The van der Waals surface area contributed by atoms with Gasteiger partial charge in [0.2, 0.25) is 5.91 Å². The van der Waals surface area contributed by atoms with Gasteiger partial charge in [0.25, 0.3) is 5.91 Å². The molecule has 1 aromatic heterocycles. The van der Waals surface area contributed by atoms with Gasteiger partial charge in [0.05, 0.1) is 4.88 Å². The maximum atomic E-state index is 12.6. The van der Waals surface area contributed by atoms with Gasteiger partial charge in [-0.25, -0.2) is 0 Å². The van der Waals surface area contributed by atoms with Crippen LogP contribution in [0.2, 0.25) is 0 Å². The molecule has 1 fully saturated rings. The molecular weight excluding hydrogens is 260 g/mol. The van der Waals surface area contributed by atoms with Crippen molar-refractivity contribution in [2.45, 2.75) is 39.2 Å². The normalized spacial score (nSPS) is 19.3. The van der Waals surface area contributed by atoms with E-state index in [2.05, 4.69) is 5.32 Å². The number of nitrogens with zero attached hydrogens (tertiary/aromatic N) is 1. The van der Waals surface area contributed by atoms with E-state index in [1.807, 2.05) is 19.9 Å². The van der Waals surface area contributed by atoms with Crippen LogP contribution in [0.25, 0.3) is 0 Å². The molecule has 0 radical (unpaired) electrons. The van der Waals surface area contributed by atoms with Gasteiger partial charge in [0, 0.05) is 18.5 Å². The molecule has 1 saturated heterocycles. The van der Waals surface area contributed by atoms with Crippen molar-refractivity contribution in [1.29, 1.82) is 0 Å². The highest BCUT2D eigenvalue weighted by Crippen LogP contribution is 2.25. The van der Waals surface area contributed by atoms with Crippen LogP contribution in [0.15, 0.2) is 6.07 Å². The number of amides is 2. The van der Waals surface area contributed by atoms with Crippen LogP contribution < -0.4 is 5.32 Å². The Bertz CT molecular complexity index is 476. The molecule has 19 heavy (non-hydrogen) atoms. The SMILES string of the molecule is CNC(=O)[C@@H]1CCCCN1C(=O)c1cc(C)c(C)s1. The Kier molecular flexibility index (Phi) is 4.24. The van der Waals surface area contributed by atoms with Gasteiger partial charge in [-0.3, -0.25) is 9.59 Å². The molecule has 0 aromatic carbocycles. The molecule has 4 nitrogen and oxygen atoms in total. The predicted octanol–water partition coefficient (Wildman–Crippen LogP) is 2.11. The summed E-state index contributed by atoms with van der Waals surface area (Å²) in [6, 6.07) is 1.62. The van der Waals surface area contributed by atoms with Gasteiger partial charge in [0.15, 0.2) is 0 Å². The van der Waals surface area contributed by atoms with E-state index < -0.39 is 0 Å². The van der Waals surface area contributed by atoms with Crippen molar-refractivity contribution in [2.75, 3.05) is 13.6 Å². The quantitative estimate of drug-likeness (QED) is 0.902. The number of rotatable bonds is 2. The van der Waals surface area contributed by atoms with E-state index in [-0.39, 0.29) is 17.9 Å². The Morgan fingerprint density at radius 2 is 2.11 bits per heavy atom. The lowest BCUT2D eigenvalue weighted by atomic mass is 10.0. The van der Waals surface area contributed by atoms with E-state index >= 15 is 0 Å². The van der Waals surface area contributed by atoms with Gasteiger partial charge < -0.3 is 10.2 Å². The number of hydrogen-bond acceptors (Lipinski definition) is 3. The molecule has 2 rings (SSSR count). The van der Waals surface area contributed by atoms with E-state index in [9.17, 15) is 9.59 Å². The highest BCUT2D eigenvalue weighted by Gasteiger charge is 2.32. The molecule has 0 saturated carbocycles. The molecule has 104 valence electrons. The average Bonchev–Trinajstić information content (AvgIpc) is 2.77. The summed E-state index contributed by atoms with van der Waals surface area (Å²) in [5.74, 6) is -0.0625. The molecule has 1 aromatic rings. The second kappa shape index (κ2) is 5.74. The van der Waals surface area contributed by atoms with Crippen molar-refractivity contribution in [3.63, 3.8) is 0 Å². The third-order valence-electron chi connectivity index (χ3n) is 3.69. The third kappa shape index (κ3) is 2.81. The van der Waals surface area contributed by atoms with E-state index in [1.54, 1.807) is 11.9 Å².